The van der Waals surface area contributed by atoms with Gasteiger partial charge in [0.15, 0.2) is 5.96 Å². The van der Waals surface area contributed by atoms with Crippen LogP contribution in [0, 0.1) is 0 Å². The number of hydrogen-bond acceptors (Lipinski definition) is 5. The summed E-state index contributed by atoms with van der Waals surface area (Å²) >= 11 is 6.49. The number of nitrogens with two attached hydrogens (primary N) is 2. The first-order valence-electron chi connectivity index (χ1n) is 7.64. The lowest BCUT2D eigenvalue weighted by atomic mass is 10.1. The largest absolute Gasteiger partial charge is 0.370 e. The maximum atomic E-state index is 12.4. The van der Waals surface area contributed by atoms with E-state index >= 15 is 0 Å². The number of carbonyl (C=O) groups is 2. The number of halogens is 2. The van der Waals surface area contributed by atoms with Gasteiger partial charge in [-0.25, -0.2) is 4.99 Å². The van der Waals surface area contributed by atoms with Gasteiger partial charge >= 0.3 is 0 Å². The Morgan fingerprint density at radius 3 is 2.63 bits per heavy atom. The average Bonchev–Trinajstić information content (AvgIpc) is 3.02. The van der Waals surface area contributed by atoms with E-state index in [0.29, 0.717) is 14.8 Å². The molecule has 1 aliphatic rings. The minimum atomic E-state index is -4.26. The van der Waals surface area contributed by atoms with Crippen LogP contribution in [0.4, 0.5) is 0 Å². The van der Waals surface area contributed by atoms with E-state index in [1.165, 1.54) is 4.90 Å². The first-order valence-corrected chi connectivity index (χ1v) is 10.8. The van der Waals surface area contributed by atoms with Gasteiger partial charge in [-0.1, -0.05) is 0 Å². The first-order chi connectivity index (χ1) is 12.5. The second-order valence-electron chi connectivity index (χ2n) is 5.83. The number of amides is 2. The van der Waals surface area contributed by atoms with Crippen molar-refractivity contribution in [3.05, 3.63) is 20.8 Å². The van der Waals surface area contributed by atoms with E-state index in [1.54, 1.807) is 6.07 Å². The minimum Gasteiger partial charge on any atom is -0.370 e. The molecule has 1 aliphatic heterocycles. The van der Waals surface area contributed by atoms with Gasteiger partial charge < -0.3 is 26.7 Å². The fourth-order valence-corrected chi connectivity index (χ4v) is 3.76. The smallest absolute Gasteiger partial charge is 0.267 e. The minimum absolute atomic E-state index is 0.0564. The molecule has 2 amide bonds. The van der Waals surface area contributed by atoms with E-state index in [2.05, 4.69) is 47.2 Å². The summed E-state index contributed by atoms with van der Waals surface area (Å²) in [5.74, 6) is -1.78. The van der Waals surface area contributed by atoms with Crippen LogP contribution in [0.5, 0.6) is 0 Å². The normalized spacial score (nSPS) is 20.0. The summed E-state index contributed by atoms with van der Waals surface area (Å²) in [5, 5.41) is 2.67. The zero-order valence-electron chi connectivity index (χ0n) is 13.9. The van der Waals surface area contributed by atoms with Crippen LogP contribution in [0.15, 0.2) is 20.1 Å². The van der Waals surface area contributed by atoms with Crippen molar-refractivity contribution >= 4 is 59.8 Å². The Hall–Kier alpha value is -1.64. The number of likely N-dealkylation sites (tertiary alicyclic amines) is 1. The van der Waals surface area contributed by atoms with Crippen LogP contribution in [0.1, 0.15) is 16.9 Å². The van der Waals surface area contributed by atoms with Crippen molar-refractivity contribution in [2.75, 3.05) is 18.8 Å². The molecule has 1 saturated heterocycles. The number of guanidine groups is 1. The standard InChI is InChI=1S/C13H18Br2N6O5S/c14-7-4-8(19-10(7)15)11(22)18-5-6-3-9(20-13(16)17)12(23)21(6)1-2-27(24,25)26/h4,6,9,19H,1-3,5H2,(H,18,22)(H4,16,17,20)(H,24,25,26). The monoisotopic (exact) mass is 528 g/mol. The summed E-state index contributed by atoms with van der Waals surface area (Å²) in [6.07, 6.45) is 0.195. The lowest BCUT2D eigenvalue weighted by molar-refractivity contribution is -0.129. The highest BCUT2D eigenvalue weighted by Crippen LogP contribution is 2.24. The van der Waals surface area contributed by atoms with Crippen LogP contribution in [-0.4, -0.2) is 71.6 Å². The van der Waals surface area contributed by atoms with Crippen LogP contribution < -0.4 is 16.8 Å². The number of carbonyl (C=O) groups excluding carboxylic acids is 2. The van der Waals surface area contributed by atoms with Gasteiger partial charge in [0.25, 0.3) is 16.0 Å². The van der Waals surface area contributed by atoms with E-state index in [1.807, 2.05) is 0 Å². The van der Waals surface area contributed by atoms with E-state index in [4.69, 9.17) is 16.0 Å². The molecule has 0 aliphatic carbocycles. The number of hydrogen-bond donors (Lipinski definition) is 5. The lowest BCUT2D eigenvalue weighted by Gasteiger charge is -2.24. The first kappa shape index (κ1) is 21.7. The van der Waals surface area contributed by atoms with Crippen molar-refractivity contribution in [1.29, 1.82) is 0 Å². The van der Waals surface area contributed by atoms with E-state index < -0.39 is 39.8 Å². The highest BCUT2D eigenvalue weighted by atomic mass is 79.9. The molecule has 0 saturated carbocycles. The average molecular weight is 530 g/mol. The molecule has 150 valence electrons. The van der Waals surface area contributed by atoms with Crippen LogP contribution in [-0.2, 0) is 14.9 Å². The van der Waals surface area contributed by atoms with Crippen molar-refractivity contribution in [3.63, 3.8) is 0 Å². The Morgan fingerprint density at radius 2 is 2.11 bits per heavy atom. The number of H-pyrrole nitrogens is 1. The van der Waals surface area contributed by atoms with Crippen LogP contribution in [0.25, 0.3) is 0 Å². The number of nitrogens with zero attached hydrogens (tertiary/aromatic N) is 2. The number of aromatic nitrogens is 1. The van der Waals surface area contributed by atoms with Crippen molar-refractivity contribution in [2.45, 2.75) is 18.5 Å². The summed E-state index contributed by atoms with van der Waals surface area (Å²) < 4.78 is 32.2. The van der Waals surface area contributed by atoms with Crippen LogP contribution in [0.3, 0.4) is 0 Å². The molecule has 1 aromatic rings. The van der Waals surface area contributed by atoms with Gasteiger partial charge in [0, 0.05) is 19.5 Å². The van der Waals surface area contributed by atoms with Gasteiger partial charge in [0.05, 0.1) is 20.9 Å². The third-order valence-electron chi connectivity index (χ3n) is 3.87. The van der Waals surface area contributed by atoms with E-state index in [0.717, 1.165) is 0 Å². The molecule has 0 spiro atoms. The van der Waals surface area contributed by atoms with Gasteiger partial charge in [-0.3, -0.25) is 14.1 Å². The Kier molecular flexibility index (Phi) is 6.88. The molecular formula is C13H18Br2N6O5S. The second kappa shape index (κ2) is 8.58. The summed E-state index contributed by atoms with van der Waals surface area (Å²) in [6.45, 7) is -0.185. The summed E-state index contributed by atoms with van der Waals surface area (Å²) in [6, 6.07) is 0.183. The van der Waals surface area contributed by atoms with Crippen molar-refractivity contribution in [2.24, 2.45) is 16.5 Å². The molecule has 1 fully saturated rings. The van der Waals surface area contributed by atoms with Gasteiger partial charge in [-0.15, -0.1) is 0 Å². The predicted octanol–water partition coefficient (Wildman–Crippen LogP) is -0.600. The topological polar surface area (TPSA) is 184 Å². The molecule has 2 heterocycles. The summed E-state index contributed by atoms with van der Waals surface area (Å²) in [5.41, 5.74) is 10.9. The van der Waals surface area contributed by atoms with E-state index in [9.17, 15) is 18.0 Å². The Bertz CT molecular complexity index is 847. The zero-order valence-corrected chi connectivity index (χ0v) is 17.8. The molecule has 0 aromatic carbocycles. The Labute approximate surface area is 171 Å². The van der Waals surface area contributed by atoms with Crippen LogP contribution >= 0.6 is 31.9 Å². The van der Waals surface area contributed by atoms with Gasteiger partial charge in [-0.2, -0.15) is 8.42 Å². The van der Waals surface area contributed by atoms with Crippen LogP contribution in [0.2, 0.25) is 0 Å². The van der Waals surface area contributed by atoms with Crippen molar-refractivity contribution < 1.29 is 22.6 Å². The quantitative estimate of drug-likeness (QED) is 0.177. The number of aromatic amines is 1. The van der Waals surface area contributed by atoms with Crippen molar-refractivity contribution in [3.8, 4) is 0 Å². The maximum absolute atomic E-state index is 12.4. The van der Waals surface area contributed by atoms with Gasteiger partial charge in [0.2, 0.25) is 5.91 Å². The molecule has 7 N–H and O–H groups in total. The molecule has 0 bridgehead atoms. The second-order valence-corrected chi connectivity index (χ2v) is 9.05. The summed E-state index contributed by atoms with van der Waals surface area (Å²) in [7, 11) is -4.26. The molecule has 2 rings (SSSR count). The predicted molar refractivity (Wildman–Crippen MR) is 105 cm³/mol. The SMILES string of the molecule is NC(N)=NC1CC(CNC(=O)c2cc(Br)c(Br)[nH]2)N(CCS(=O)(=O)O)C1=O. The fourth-order valence-electron chi connectivity index (χ4n) is 2.68. The molecule has 0 radical (unpaired) electrons. The molecule has 14 heteroatoms. The Morgan fingerprint density at radius 1 is 1.44 bits per heavy atom. The third-order valence-corrected chi connectivity index (χ3v) is 6.35. The van der Waals surface area contributed by atoms with Gasteiger partial charge in [0.1, 0.15) is 11.7 Å². The fraction of sp³-hybridized carbons (Fsp3) is 0.462. The molecule has 27 heavy (non-hydrogen) atoms. The molecule has 2 unspecified atom stereocenters. The molecular weight excluding hydrogens is 512 g/mol. The Balaban J connectivity index is 2.09. The van der Waals surface area contributed by atoms with Gasteiger partial charge in [-0.05, 0) is 37.9 Å². The lowest BCUT2D eigenvalue weighted by Crippen LogP contribution is -2.44. The van der Waals surface area contributed by atoms with E-state index in [-0.39, 0.29) is 25.5 Å². The number of nitrogens with one attached hydrogen (secondary N) is 2. The zero-order chi connectivity index (χ0) is 20.4. The molecule has 1 aromatic heterocycles. The molecule has 2 atom stereocenters. The number of rotatable bonds is 7. The summed E-state index contributed by atoms with van der Waals surface area (Å²) in [4.78, 5) is 32.6. The highest BCUT2D eigenvalue weighted by Gasteiger charge is 2.40. The highest BCUT2D eigenvalue weighted by molar-refractivity contribution is 9.13. The number of aliphatic imine (C=N–C) groups is 1. The third kappa shape index (κ3) is 5.92. The molecule has 11 nitrogen and oxygen atoms in total. The van der Waals surface area contributed by atoms with Crippen molar-refractivity contribution in [1.82, 2.24) is 15.2 Å². The maximum Gasteiger partial charge on any atom is 0.267 e.